The number of nitrogens with one attached hydrogen (secondary N) is 2. The number of nitrogens with two attached hydrogens (primary N) is 2. The molecule has 0 aliphatic rings. The van der Waals surface area contributed by atoms with E-state index in [4.69, 9.17) is 16.2 Å². The smallest absolute Gasteiger partial charge is 0.326 e. The summed E-state index contributed by atoms with van der Waals surface area (Å²) in [6.45, 7) is 0. The van der Waals surface area contributed by atoms with Gasteiger partial charge in [0, 0.05) is 16.6 Å². The molecule has 0 unspecified atom stereocenters. The quantitative estimate of drug-likeness (QED) is 0.313. The fraction of sp³-hybridized carbons (Fsp3) is 0.0556. The van der Waals surface area contributed by atoms with Gasteiger partial charge in [0.15, 0.2) is 0 Å². The summed E-state index contributed by atoms with van der Waals surface area (Å²) >= 11 is 1.30. The lowest BCUT2D eigenvalue weighted by Gasteiger charge is -2.10. The van der Waals surface area contributed by atoms with Gasteiger partial charge in [-0.1, -0.05) is 24.3 Å². The Morgan fingerprint density at radius 3 is 2.81 bits per heavy atom. The molecule has 0 aliphatic heterocycles. The maximum Gasteiger partial charge on any atom is 0.326 e. The zero-order valence-electron chi connectivity index (χ0n) is 14.5. The van der Waals surface area contributed by atoms with Gasteiger partial charge in [-0.3, -0.25) is 5.32 Å². The number of rotatable bonds is 4. The molecule has 1 aromatic heterocycles. The van der Waals surface area contributed by atoms with Gasteiger partial charge in [-0.25, -0.2) is 9.78 Å². The fourth-order valence-corrected chi connectivity index (χ4v) is 3.00. The van der Waals surface area contributed by atoms with Crippen LogP contribution in [0.3, 0.4) is 0 Å². The number of benzene rings is 2. The number of hydrogen-bond acceptors (Lipinski definition) is 6. The number of amides is 2. The number of nitrogens with zero attached hydrogens (tertiary/aromatic N) is 2. The molecule has 3 rings (SSSR count). The van der Waals surface area contributed by atoms with Gasteiger partial charge in [-0.2, -0.15) is 4.99 Å². The first-order chi connectivity index (χ1) is 13.0. The fourth-order valence-electron chi connectivity index (χ4n) is 2.29. The number of ether oxygens (including phenoxy) is 1. The molecule has 0 fully saturated rings. The number of anilines is 2. The first-order valence-corrected chi connectivity index (χ1v) is 8.80. The van der Waals surface area contributed by atoms with Crippen molar-refractivity contribution in [3.63, 3.8) is 0 Å². The second kappa shape index (κ2) is 8.19. The molecule has 0 saturated heterocycles. The van der Waals surface area contributed by atoms with Crippen molar-refractivity contribution in [2.45, 2.75) is 0 Å². The summed E-state index contributed by atoms with van der Waals surface area (Å²) in [7, 11) is 1.52. The van der Waals surface area contributed by atoms with E-state index in [-0.39, 0.29) is 5.96 Å². The van der Waals surface area contributed by atoms with Crippen LogP contribution in [0.5, 0.6) is 5.75 Å². The van der Waals surface area contributed by atoms with Crippen molar-refractivity contribution in [1.82, 2.24) is 10.3 Å². The number of aliphatic imine (C=N–C) groups is 1. The van der Waals surface area contributed by atoms with Crippen LogP contribution in [0.15, 0.2) is 58.9 Å². The van der Waals surface area contributed by atoms with E-state index in [0.717, 1.165) is 11.3 Å². The monoisotopic (exact) mass is 382 g/mol. The third kappa shape index (κ3) is 4.73. The number of hydrogen-bond donors (Lipinski definition) is 4. The van der Waals surface area contributed by atoms with Gasteiger partial charge in [0.25, 0.3) is 0 Å². The normalized spacial score (nSPS) is 11.1. The van der Waals surface area contributed by atoms with Gasteiger partial charge in [0.1, 0.15) is 5.75 Å². The van der Waals surface area contributed by atoms with E-state index in [2.05, 4.69) is 20.6 Å². The highest BCUT2D eigenvalue weighted by Crippen LogP contribution is 2.27. The van der Waals surface area contributed by atoms with Gasteiger partial charge >= 0.3 is 6.03 Å². The lowest BCUT2D eigenvalue weighted by molar-refractivity contribution is 0.256. The van der Waals surface area contributed by atoms with E-state index in [1.54, 1.807) is 30.3 Å². The number of carbonyl (C=O) groups excluding carboxylic acids is 1. The number of aromatic nitrogens is 1. The van der Waals surface area contributed by atoms with Crippen LogP contribution in [0.25, 0.3) is 11.3 Å². The summed E-state index contributed by atoms with van der Waals surface area (Å²) in [5.74, 6) is 0.464. The Morgan fingerprint density at radius 1 is 1.22 bits per heavy atom. The number of para-hydroxylation sites is 2. The van der Waals surface area contributed by atoms with Gasteiger partial charge in [-0.05, 0) is 24.3 Å². The van der Waals surface area contributed by atoms with Crippen LogP contribution in [0.1, 0.15) is 0 Å². The lowest BCUT2D eigenvalue weighted by Crippen LogP contribution is -2.39. The summed E-state index contributed by atoms with van der Waals surface area (Å²) in [4.78, 5) is 20.6. The third-order valence-electron chi connectivity index (χ3n) is 3.49. The topological polar surface area (TPSA) is 128 Å². The SMILES string of the molecule is COc1ccccc1NC(=O)N/C(N)=N/c1nc(-c2cccc(N)c2)cs1. The predicted octanol–water partition coefficient (Wildman–Crippen LogP) is 3.17. The molecular formula is C18H18N6O2S. The maximum atomic E-state index is 12.1. The van der Waals surface area contributed by atoms with Gasteiger partial charge < -0.3 is 21.5 Å². The molecule has 3 aromatic rings. The minimum atomic E-state index is -0.534. The van der Waals surface area contributed by atoms with E-state index < -0.39 is 6.03 Å². The Kier molecular flexibility index (Phi) is 5.53. The van der Waals surface area contributed by atoms with Gasteiger partial charge in [-0.15, -0.1) is 11.3 Å². The van der Waals surface area contributed by atoms with E-state index in [0.29, 0.717) is 22.3 Å². The predicted molar refractivity (Wildman–Crippen MR) is 108 cm³/mol. The third-order valence-corrected chi connectivity index (χ3v) is 4.22. The lowest BCUT2D eigenvalue weighted by atomic mass is 10.1. The van der Waals surface area contributed by atoms with Crippen molar-refractivity contribution >= 4 is 39.8 Å². The van der Waals surface area contributed by atoms with Crippen LogP contribution < -0.4 is 26.8 Å². The number of urea groups is 1. The van der Waals surface area contributed by atoms with E-state index in [9.17, 15) is 4.79 Å². The second-order valence-corrected chi connectivity index (χ2v) is 6.25. The zero-order valence-corrected chi connectivity index (χ0v) is 15.3. The van der Waals surface area contributed by atoms with E-state index in [1.807, 2.05) is 23.6 Å². The highest BCUT2D eigenvalue weighted by Gasteiger charge is 2.09. The Hall–Kier alpha value is -3.59. The number of thiazole rings is 1. The van der Waals surface area contributed by atoms with Crippen LogP contribution >= 0.6 is 11.3 Å². The number of methoxy groups -OCH3 is 1. The molecule has 0 radical (unpaired) electrons. The highest BCUT2D eigenvalue weighted by molar-refractivity contribution is 7.13. The molecule has 6 N–H and O–H groups in total. The first-order valence-electron chi connectivity index (χ1n) is 7.92. The van der Waals surface area contributed by atoms with Gasteiger partial charge in [0.05, 0.1) is 18.5 Å². The molecule has 9 heteroatoms. The largest absolute Gasteiger partial charge is 0.495 e. The molecule has 0 aliphatic carbocycles. The second-order valence-electron chi connectivity index (χ2n) is 5.42. The molecule has 8 nitrogen and oxygen atoms in total. The molecule has 0 atom stereocenters. The minimum Gasteiger partial charge on any atom is -0.495 e. The molecular weight excluding hydrogens is 364 g/mol. The molecule has 138 valence electrons. The molecule has 0 saturated carbocycles. The molecule has 0 bridgehead atoms. The van der Waals surface area contributed by atoms with Crippen molar-refractivity contribution in [3.05, 3.63) is 53.9 Å². The molecule has 0 spiro atoms. The van der Waals surface area contributed by atoms with Crippen LogP contribution in [0.2, 0.25) is 0 Å². The van der Waals surface area contributed by atoms with Crippen LogP contribution in [0.4, 0.5) is 21.3 Å². The Labute approximate surface area is 159 Å². The van der Waals surface area contributed by atoms with Crippen LogP contribution in [-0.4, -0.2) is 24.1 Å². The summed E-state index contributed by atoms with van der Waals surface area (Å²) in [5, 5.41) is 7.37. The molecule has 27 heavy (non-hydrogen) atoms. The van der Waals surface area contributed by atoms with E-state index >= 15 is 0 Å². The van der Waals surface area contributed by atoms with E-state index in [1.165, 1.54) is 18.4 Å². The molecule has 2 amide bonds. The van der Waals surface area contributed by atoms with Crippen molar-refractivity contribution in [1.29, 1.82) is 0 Å². The minimum absolute atomic E-state index is 0.0733. The first kappa shape index (κ1) is 18.2. The zero-order chi connectivity index (χ0) is 19.2. The Morgan fingerprint density at radius 2 is 2.04 bits per heavy atom. The summed E-state index contributed by atoms with van der Waals surface area (Å²) in [5.41, 5.74) is 14.4. The maximum absolute atomic E-state index is 12.1. The van der Waals surface area contributed by atoms with Crippen LogP contribution in [-0.2, 0) is 0 Å². The molecule has 1 heterocycles. The van der Waals surface area contributed by atoms with Crippen LogP contribution in [0, 0.1) is 0 Å². The Balaban J connectivity index is 1.66. The average molecular weight is 382 g/mol. The molecule has 2 aromatic carbocycles. The highest BCUT2D eigenvalue weighted by atomic mass is 32.1. The number of carbonyl (C=O) groups is 1. The van der Waals surface area contributed by atoms with Crippen molar-refractivity contribution in [2.75, 3.05) is 18.2 Å². The van der Waals surface area contributed by atoms with Gasteiger partial charge in [0.2, 0.25) is 11.1 Å². The average Bonchev–Trinajstić information content (AvgIpc) is 3.10. The van der Waals surface area contributed by atoms with Crippen molar-refractivity contribution in [2.24, 2.45) is 10.7 Å². The number of nitrogen functional groups attached to an aromatic ring is 1. The summed E-state index contributed by atoms with van der Waals surface area (Å²) in [6.07, 6.45) is 0. The number of guanidine groups is 1. The standard InChI is InChI=1S/C18H18N6O2S/c1-26-15-8-3-2-7-13(15)21-17(25)23-16(20)24-18-22-14(10-27-18)11-5-4-6-12(19)9-11/h2-10H,19H2,1H3,(H4,20,21,22,23,24,25). The summed E-state index contributed by atoms with van der Waals surface area (Å²) < 4.78 is 5.18. The van der Waals surface area contributed by atoms with Crippen molar-refractivity contribution in [3.8, 4) is 17.0 Å². The Bertz CT molecular complexity index is 985. The van der Waals surface area contributed by atoms with Crippen molar-refractivity contribution < 1.29 is 9.53 Å². The summed E-state index contributed by atoms with van der Waals surface area (Å²) in [6, 6.07) is 13.9.